The van der Waals surface area contributed by atoms with Gasteiger partial charge >= 0.3 is 0 Å². The summed E-state index contributed by atoms with van der Waals surface area (Å²) in [5, 5.41) is 14.3. The molecule has 4 aromatic rings. The smallest absolute Gasteiger partial charge is 0.166 e. The number of aromatic amines is 1. The highest BCUT2D eigenvalue weighted by Crippen LogP contribution is 2.69. The zero-order valence-corrected chi connectivity index (χ0v) is 22.9. The second kappa shape index (κ2) is 8.37. The summed E-state index contributed by atoms with van der Waals surface area (Å²) in [6.07, 6.45) is 6.81. The highest BCUT2D eigenvalue weighted by molar-refractivity contribution is 5.86. The minimum Gasteiger partial charge on any atom is -0.490 e. The van der Waals surface area contributed by atoms with Gasteiger partial charge < -0.3 is 19.6 Å². The molecule has 1 saturated carbocycles. The Morgan fingerprint density at radius 2 is 1.88 bits per heavy atom. The molecule has 9 rings (SSSR count). The molecule has 0 radical (unpaired) electrons. The number of H-pyrrole nitrogens is 1. The third-order valence-corrected chi connectivity index (χ3v) is 10.8. The molecule has 4 atom stereocenters. The van der Waals surface area contributed by atoms with E-state index in [9.17, 15) is 5.11 Å². The number of ether oxygens (including phenoxy) is 2. The number of aryl methyl sites for hydroxylation is 1. The molecule has 204 valence electrons. The first-order valence-corrected chi connectivity index (χ1v) is 15.2. The molecule has 5 heteroatoms. The van der Waals surface area contributed by atoms with E-state index in [-0.39, 0.29) is 12.1 Å². The number of hydrogen-bond donors (Lipinski definition) is 2. The average molecular weight is 533 g/mol. The number of aromatic nitrogens is 1. The lowest BCUT2D eigenvalue weighted by atomic mass is 9.49. The summed E-state index contributed by atoms with van der Waals surface area (Å²) in [5.41, 5.74) is 6.08. The van der Waals surface area contributed by atoms with Crippen LogP contribution < -0.4 is 9.47 Å². The number of piperidine rings is 1. The van der Waals surface area contributed by atoms with Gasteiger partial charge in [0.1, 0.15) is 0 Å². The molecule has 3 aromatic carbocycles. The largest absolute Gasteiger partial charge is 0.490 e. The minimum absolute atomic E-state index is 0.103. The van der Waals surface area contributed by atoms with Gasteiger partial charge in [-0.1, -0.05) is 54.6 Å². The SMILES string of the molecule is O[C@@]12Cc3c([nH]c4ccccc34)C3Oc4c(OCCCc5ccccc5)ccc5c4[C@@]31CCN(CC1CC1)[C@@H]2C5. The molecular weight excluding hydrogens is 496 g/mol. The van der Waals surface area contributed by atoms with Crippen molar-refractivity contribution in [1.82, 2.24) is 9.88 Å². The monoisotopic (exact) mass is 532 g/mol. The fourth-order valence-electron chi connectivity index (χ4n) is 8.78. The first kappa shape index (κ1) is 23.4. The minimum atomic E-state index is -0.882. The molecule has 0 amide bonds. The van der Waals surface area contributed by atoms with Crippen LogP contribution in [-0.4, -0.2) is 46.3 Å². The van der Waals surface area contributed by atoms with E-state index in [1.807, 2.05) is 0 Å². The maximum Gasteiger partial charge on any atom is 0.166 e. The standard InChI is InChI=1S/C35H36N2O3/c38-35-20-26-25-10-4-5-11-27(25)36-31(26)33-34(35)16-17-37(21-23-12-13-23)29(35)19-24-14-15-28(32(40-33)30(24)34)39-18-6-9-22-7-2-1-3-8-22/h1-5,7-8,10-11,14-15,23,29,33,36,38H,6,9,12-13,16-21H2/t29-,33?,34+,35-/m1/s1. The van der Waals surface area contributed by atoms with Gasteiger partial charge in [0.05, 0.1) is 23.3 Å². The number of para-hydroxylation sites is 1. The lowest BCUT2D eigenvalue weighted by molar-refractivity contribution is -0.173. The van der Waals surface area contributed by atoms with Crippen molar-refractivity contribution in [3.05, 3.63) is 94.7 Å². The number of nitrogens with zero attached hydrogens (tertiary/aromatic N) is 1. The maximum absolute atomic E-state index is 13.1. The van der Waals surface area contributed by atoms with Crippen molar-refractivity contribution in [2.45, 2.75) is 68.1 Å². The van der Waals surface area contributed by atoms with Crippen LogP contribution in [0.4, 0.5) is 0 Å². The first-order valence-electron chi connectivity index (χ1n) is 15.2. The number of rotatable bonds is 7. The Kier molecular flexibility index (Phi) is 4.90. The number of aliphatic hydroxyl groups is 1. The van der Waals surface area contributed by atoms with E-state index >= 15 is 0 Å². The molecule has 2 N–H and O–H groups in total. The van der Waals surface area contributed by atoms with Gasteiger partial charge in [-0.25, -0.2) is 0 Å². The van der Waals surface area contributed by atoms with Gasteiger partial charge in [0.15, 0.2) is 17.6 Å². The van der Waals surface area contributed by atoms with E-state index < -0.39 is 11.0 Å². The Balaban J connectivity index is 1.14. The quantitative estimate of drug-likeness (QED) is 0.292. The Morgan fingerprint density at radius 1 is 1.02 bits per heavy atom. The number of benzene rings is 3. The Hall–Kier alpha value is -3.28. The Bertz CT molecular complexity index is 1620. The molecule has 3 heterocycles. The van der Waals surface area contributed by atoms with Gasteiger partial charge in [0, 0.05) is 35.5 Å². The number of fused-ring (bicyclic) bond motifs is 4. The Morgan fingerprint density at radius 3 is 2.75 bits per heavy atom. The normalized spacial score (nSPS) is 29.6. The molecule has 2 aliphatic heterocycles. The molecule has 1 aromatic heterocycles. The predicted molar refractivity (Wildman–Crippen MR) is 155 cm³/mol. The van der Waals surface area contributed by atoms with Crippen LogP contribution in [0.2, 0.25) is 0 Å². The zero-order chi connectivity index (χ0) is 26.5. The lowest BCUT2D eigenvalue weighted by Gasteiger charge is -2.62. The van der Waals surface area contributed by atoms with Crippen LogP contribution in [0.3, 0.4) is 0 Å². The molecule has 1 saturated heterocycles. The number of likely N-dealkylation sites (tertiary alicyclic amines) is 1. The van der Waals surface area contributed by atoms with Crippen molar-refractivity contribution in [1.29, 1.82) is 0 Å². The molecule has 2 fully saturated rings. The van der Waals surface area contributed by atoms with Crippen molar-refractivity contribution in [3.8, 4) is 11.5 Å². The molecule has 1 unspecified atom stereocenters. The van der Waals surface area contributed by atoms with E-state index in [4.69, 9.17) is 9.47 Å². The van der Waals surface area contributed by atoms with Crippen molar-refractivity contribution in [2.24, 2.45) is 5.92 Å². The van der Waals surface area contributed by atoms with Crippen molar-refractivity contribution in [2.75, 3.05) is 19.7 Å². The van der Waals surface area contributed by atoms with Crippen LogP contribution in [-0.2, 0) is 24.7 Å². The molecule has 5 aliphatic rings. The summed E-state index contributed by atoms with van der Waals surface area (Å²) in [6, 6.07) is 23.6. The van der Waals surface area contributed by atoms with Gasteiger partial charge in [-0.15, -0.1) is 0 Å². The summed E-state index contributed by atoms with van der Waals surface area (Å²) >= 11 is 0. The summed E-state index contributed by atoms with van der Waals surface area (Å²) in [5.74, 6) is 2.50. The van der Waals surface area contributed by atoms with Gasteiger partial charge in [0.2, 0.25) is 0 Å². The van der Waals surface area contributed by atoms with E-state index in [1.54, 1.807) is 0 Å². The molecule has 1 spiro atoms. The third kappa shape index (κ3) is 3.11. The number of nitrogens with one attached hydrogen (secondary N) is 1. The zero-order valence-electron chi connectivity index (χ0n) is 22.9. The fraction of sp³-hybridized carbons (Fsp3) is 0.429. The second-order valence-corrected chi connectivity index (χ2v) is 12.9. The maximum atomic E-state index is 13.1. The van der Waals surface area contributed by atoms with Crippen molar-refractivity contribution >= 4 is 10.9 Å². The van der Waals surface area contributed by atoms with E-state index in [0.717, 1.165) is 67.4 Å². The van der Waals surface area contributed by atoms with Crippen LogP contribution in [0.5, 0.6) is 11.5 Å². The fourth-order valence-corrected chi connectivity index (χ4v) is 8.78. The highest BCUT2D eigenvalue weighted by Gasteiger charge is 2.72. The molecule has 3 aliphatic carbocycles. The van der Waals surface area contributed by atoms with Gasteiger partial charge in [-0.2, -0.15) is 0 Å². The summed E-state index contributed by atoms with van der Waals surface area (Å²) < 4.78 is 13.5. The van der Waals surface area contributed by atoms with E-state index in [0.29, 0.717) is 13.0 Å². The first-order chi connectivity index (χ1) is 19.7. The Labute approximate surface area is 235 Å². The third-order valence-electron chi connectivity index (χ3n) is 10.8. The summed E-state index contributed by atoms with van der Waals surface area (Å²) in [4.78, 5) is 6.39. The summed E-state index contributed by atoms with van der Waals surface area (Å²) in [6.45, 7) is 2.77. The molecule has 40 heavy (non-hydrogen) atoms. The lowest BCUT2D eigenvalue weighted by Crippen LogP contribution is -2.74. The van der Waals surface area contributed by atoms with Crippen molar-refractivity contribution in [3.63, 3.8) is 0 Å². The van der Waals surface area contributed by atoms with Crippen LogP contribution in [0.1, 0.15) is 59.7 Å². The van der Waals surface area contributed by atoms with Crippen LogP contribution in [0, 0.1) is 5.92 Å². The molecule has 5 nitrogen and oxygen atoms in total. The predicted octanol–water partition coefficient (Wildman–Crippen LogP) is 5.88. The summed E-state index contributed by atoms with van der Waals surface area (Å²) in [7, 11) is 0. The second-order valence-electron chi connectivity index (χ2n) is 12.9. The van der Waals surface area contributed by atoms with Crippen LogP contribution in [0.15, 0.2) is 66.7 Å². The van der Waals surface area contributed by atoms with E-state index in [2.05, 4.69) is 76.6 Å². The van der Waals surface area contributed by atoms with Gasteiger partial charge in [0.25, 0.3) is 0 Å². The van der Waals surface area contributed by atoms with Crippen LogP contribution in [0.25, 0.3) is 10.9 Å². The van der Waals surface area contributed by atoms with Crippen molar-refractivity contribution < 1.29 is 14.6 Å². The topological polar surface area (TPSA) is 57.7 Å². The van der Waals surface area contributed by atoms with Gasteiger partial charge in [-0.05, 0) is 79.8 Å². The number of hydrogen-bond acceptors (Lipinski definition) is 4. The van der Waals surface area contributed by atoms with Gasteiger partial charge in [-0.3, -0.25) is 4.90 Å². The molecular formula is C35H36N2O3. The highest BCUT2D eigenvalue weighted by atomic mass is 16.5. The van der Waals surface area contributed by atoms with Crippen LogP contribution >= 0.6 is 0 Å². The average Bonchev–Trinajstić information content (AvgIpc) is 3.61. The van der Waals surface area contributed by atoms with E-state index in [1.165, 1.54) is 40.5 Å². The molecule has 2 bridgehead atoms.